The number of carbonyl (C=O) groups is 1. The topological polar surface area (TPSA) is 69.6 Å². The number of carboxylic acids is 1. The molecule has 1 fully saturated rings. The first-order chi connectivity index (χ1) is 8.69. The van der Waals surface area contributed by atoms with Crippen molar-refractivity contribution in [2.45, 2.75) is 31.1 Å². The number of nitrogens with one attached hydrogen (secondary N) is 1. The Morgan fingerprint density at radius 2 is 1.94 bits per heavy atom. The van der Waals surface area contributed by atoms with E-state index in [9.17, 15) is 9.90 Å². The van der Waals surface area contributed by atoms with Crippen LogP contribution in [-0.4, -0.2) is 29.3 Å². The highest BCUT2D eigenvalue weighted by Crippen LogP contribution is 2.44. The average Bonchev–Trinajstić information content (AvgIpc) is 2.29. The summed E-state index contributed by atoms with van der Waals surface area (Å²) >= 11 is 0. The predicted molar refractivity (Wildman–Crippen MR) is 69.8 cm³/mol. The van der Waals surface area contributed by atoms with Gasteiger partial charge in [0.25, 0.3) is 0 Å². The summed E-state index contributed by atoms with van der Waals surface area (Å²) in [5.41, 5.74) is 1.21. The van der Waals surface area contributed by atoms with Crippen molar-refractivity contribution in [2.75, 3.05) is 18.5 Å². The van der Waals surface area contributed by atoms with Gasteiger partial charge in [0.1, 0.15) is 0 Å². The molecule has 0 atom stereocenters. The largest absolute Gasteiger partial charge is 0.481 e. The molecule has 1 aromatic carbocycles. The van der Waals surface area contributed by atoms with Crippen LogP contribution in [0.1, 0.15) is 31.2 Å². The van der Waals surface area contributed by atoms with Gasteiger partial charge in [-0.15, -0.1) is 0 Å². The first kappa shape index (κ1) is 12.9. The molecule has 4 nitrogen and oxygen atoms in total. The number of aliphatic hydroxyl groups is 1. The Morgan fingerprint density at radius 1 is 1.28 bits per heavy atom. The van der Waals surface area contributed by atoms with Gasteiger partial charge in [0.05, 0.1) is 5.41 Å². The quantitative estimate of drug-likeness (QED) is 0.674. The van der Waals surface area contributed by atoms with Gasteiger partial charge in [0.2, 0.25) is 0 Å². The molecule has 3 N–H and O–H groups in total. The molecule has 0 saturated heterocycles. The normalized spacial score (nSPS) is 16.9. The van der Waals surface area contributed by atoms with Crippen LogP contribution in [0.25, 0.3) is 0 Å². The SMILES string of the molecule is O=C(O)C1(c2ccc(NCCCO)cc2)CCC1. The van der Waals surface area contributed by atoms with Crippen LogP contribution in [0.15, 0.2) is 24.3 Å². The Labute approximate surface area is 107 Å². The molecular weight excluding hydrogens is 230 g/mol. The van der Waals surface area contributed by atoms with Gasteiger partial charge in [-0.1, -0.05) is 18.6 Å². The molecule has 0 radical (unpaired) electrons. The number of aliphatic hydroxyl groups excluding tert-OH is 1. The molecule has 1 aliphatic carbocycles. The molecule has 4 heteroatoms. The smallest absolute Gasteiger partial charge is 0.314 e. The maximum atomic E-state index is 11.4. The summed E-state index contributed by atoms with van der Waals surface area (Å²) in [4.78, 5) is 11.4. The highest BCUT2D eigenvalue weighted by molar-refractivity contribution is 5.82. The minimum absolute atomic E-state index is 0.174. The third kappa shape index (κ3) is 2.34. The van der Waals surface area contributed by atoms with E-state index in [0.29, 0.717) is 6.42 Å². The molecule has 1 aromatic rings. The van der Waals surface area contributed by atoms with Crippen molar-refractivity contribution in [3.05, 3.63) is 29.8 Å². The lowest BCUT2D eigenvalue weighted by Gasteiger charge is -2.38. The van der Waals surface area contributed by atoms with E-state index >= 15 is 0 Å². The number of hydrogen-bond acceptors (Lipinski definition) is 3. The van der Waals surface area contributed by atoms with Crippen LogP contribution in [0.4, 0.5) is 5.69 Å². The fraction of sp³-hybridized carbons (Fsp3) is 0.500. The highest BCUT2D eigenvalue weighted by atomic mass is 16.4. The molecule has 0 amide bonds. The van der Waals surface area contributed by atoms with E-state index in [1.54, 1.807) is 0 Å². The van der Waals surface area contributed by atoms with Crippen LogP contribution in [0.5, 0.6) is 0 Å². The molecule has 0 unspecified atom stereocenters. The van der Waals surface area contributed by atoms with Gasteiger partial charge in [-0.2, -0.15) is 0 Å². The van der Waals surface area contributed by atoms with Crippen molar-refractivity contribution in [1.82, 2.24) is 0 Å². The molecule has 2 rings (SSSR count). The van der Waals surface area contributed by atoms with Crippen molar-refractivity contribution < 1.29 is 15.0 Å². The zero-order valence-electron chi connectivity index (χ0n) is 10.4. The Bertz CT molecular complexity index is 410. The van der Waals surface area contributed by atoms with E-state index in [4.69, 9.17) is 5.11 Å². The molecule has 98 valence electrons. The third-order valence-electron chi connectivity index (χ3n) is 3.72. The van der Waals surface area contributed by atoms with E-state index < -0.39 is 11.4 Å². The summed E-state index contributed by atoms with van der Waals surface area (Å²) in [6.45, 7) is 0.896. The lowest BCUT2D eigenvalue weighted by atomic mass is 9.64. The summed E-state index contributed by atoms with van der Waals surface area (Å²) in [7, 11) is 0. The molecule has 18 heavy (non-hydrogen) atoms. The Balaban J connectivity index is 2.05. The lowest BCUT2D eigenvalue weighted by molar-refractivity contribution is -0.147. The van der Waals surface area contributed by atoms with E-state index in [2.05, 4.69) is 5.32 Å². The lowest BCUT2D eigenvalue weighted by Crippen LogP contribution is -2.42. The number of rotatable bonds is 6. The molecule has 0 heterocycles. The number of hydrogen-bond donors (Lipinski definition) is 3. The van der Waals surface area contributed by atoms with Crippen LogP contribution in [0.3, 0.4) is 0 Å². The van der Waals surface area contributed by atoms with Crippen LogP contribution in [0, 0.1) is 0 Å². The zero-order chi connectivity index (χ0) is 13.0. The molecule has 0 spiro atoms. The van der Waals surface area contributed by atoms with Gasteiger partial charge in [-0.05, 0) is 37.0 Å². The summed E-state index contributed by atoms with van der Waals surface area (Å²) in [6, 6.07) is 7.62. The standard InChI is InChI=1S/C14H19NO3/c16-10-2-9-15-12-5-3-11(4-6-12)14(13(17)18)7-1-8-14/h3-6,15-16H,1-2,7-10H2,(H,17,18). The number of carboxylic acid groups (broad SMARTS) is 1. The van der Waals surface area contributed by atoms with E-state index in [1.165, 1.54) is 0 Å². The maximum absolute atomic E-state index is 11.4. The zero-order valence-corrected chi connectivity index (χ0v) is 10.4. The van der Waals surface area contributed by atoms with Crippen molar-refractivity contribution in [3.8, 4) is 0 Å². The second kappa shape index (κ2) is 5.40. The first-order valence-electron chi connectivity index (χ1n) is 6.38. The van der Waals surface area contributed by atoms with E-state index in [-0.39, 0.29) is 6.61 Å². The minimum atomic E-state index is -0.713. The average molecular weight is 249 g/mol. The molecule has 0 aliphatic heterocycles. The molecule has 1 aliphatic rings. The monoisotopic (exact) mass is 249 g/mol. The highest BCUT2D eigenvalue weighted by Gasteiger charge is 2.45. The third-order valence-corrected chi connectivity index (χ3v) is 3.72. The van der Waals surface area contributed by atoms with Gasteiger partial charge in [0.15, 0.2) is 0 Å². The fourth-order valence-electron chi connectivity index (χ4n) is 2.38. The van der Waals surface area contributed by atoms with Crippen molar-refractivity contribution >= 4 is 11.7 Å². The molecular formula is C14H19NO3. The summed E-state index contributed by atoms with van der Waals surface area (Å²) in [5.74, 6) is -0.713. The van der Waals surface area contributed by atoms with Crippen LogP contribution < -0.4 is 5.32 Å². The Kier molecular flexibility index (Phi) is 3.87. The van der Waals surface area contributed by atoms with Crippen LogP contribution >= 0.6 is 0 Å². The number of aliphatic carboxylic acids is 1. The summed E-state index contributed by atoms with van der Waals surface area (Å²) < 4.78 is 0. The fourth-order valence-corrected chi connectivity index (χ4v) is 2.38. The van der Waals surface area contributed by atoms with Gasteiger partial charge in [0, 0.05) is 18.8 Å². The number of benzene rings is 1. The minimum Gasteiger partial charge on any atom is -0.481 e. The predicted octanol–water partition coefficient (Wildman–Crippen LogP) is 1.99. The van der Waals surface area contributed by atoms with E-state index in [0.717, 1.165) is 37.1 Å². The molecule has 1 saturated carbocycles. The second-order valence-corrected chi connectivity index (χ2v) is 4.82. The van der Waals surface area contributed by atoms with Gasteiger partial charge in [-0.3, -0.25) is 4.79 Å². The van der Waals surface area contributed by atoms with Gasteiger partial charge < -0.3 is 15.5 Å². The summed E-state index contributed by atoms with van der Waals surface area (Å²) in [6.07, 6.45) is 3.17. The molecule has 0 aromatic heterocycles. The number of anilines is 1. The van der Waals surface area contributed by atoms with Crippen molar-refractivity contribution in [1.29, 1.82) is 0 Å². The second-order valence-electron chi connectivity index (χ2n) is 4.82. The van der Waals surface area contributed by atoms with Crippen molar-refractivity contribution in [3.63, 3.8) is 0 Å². The van der Waals surface area contributed by atoms with Gasteiger partial charge in [-0.25, -0.2) is 0 Å². The Hall–Kier alpha value is -1.55. The molecule has 0 bridgehead atoms. The van der Waals surface area contributed by atoms with Crippen LogP contribution in [-0.2, 0) is 10.2 Å². The van der Waals surface area contributed by atoms with E-state index in [1.807, 2.05) is 24.3 Å². The Morgan fingerprint density at radius 3 is 2.39 bits per heavy atom. The van der Waals surface area contributed by atoms with Crippen molar-refractivity contribution in [2.24, 2.45) is 0 Å². The summed E-state index contributed by atoms with van der Waals surface area (Å²) in [5, 5.41) is 21.2. The van der Waals surface area contributed by atoms with Gasteiger partial charge >= 0.3 is 5.97 Å². The first-order valence-corrected chi connectivity index (χ1v) is 6.38. The van der Waals surface area contributed by atoms with Crippen LogP contribution in [0.2, 0.25) is 0 Å². The maximum Gasteiger partial charge on any atom is 0.314 e.